The molecule has 0 aromatic heterocycles. The SMILES string of the molecule is CC(=O)c1cccc(NC(=O)c2cccc(C3O[C@H](CN(C)C[C@@H](O)c4cccc(O)c4)[C@H](C)[C@H](c4ccc(CO)cc4)O3)c2)c1. The van der Waals surface area contributed by atoms with E-state index in [9.17, 15) is 24.9 Å². The second kappa shape index (κ2) is 14.8. The average molecular weight is 625 g/mol. The molecule has 1 aliphatic rings. The minimum atomic E-state index is -0.809. The molecule has 1 fully saturated rings. The fourth-order valence-electron chi connectivity index (χ4n) is 5.69. The van der Waals surface area contributed by atoms with Crippen LogP contribution in [0.1, 0.15) is 75.3 Å². The van der Waals surface area contributed by atoms with Crippen molar-refractivity contribution in [2.24, 2.45) is 5.92 Å². The number of amides is 1. The first-order valence-electron chi connectivity index (χ1n) is 15.3. The van der Waals surface area contributed by atoms with Gasteiger partial charge in [-0.1, -0.05) is 67.6 Å². The molecule has 0 bridgehead atoms. The largest absolute Gasteiger partial charge is 0.508 e. The molecule has 240 valence electrons. The molecule has 1 heterocycles. The maximum atomic E-state index is 13.2. The molecule has 4 aromatic carbocycles. The quantitative estimate of drug-likeness (QED) is 0.154. The summed E-state index contributed by atoms with van der Waals surface area (Å²) in [5.41, 5.74) is 4.45. The van der Waals surface area contributed by atoms with Gasteiger partial charge in [-0.25, -0.2) is 0 Å². The molecular weight excluding hydrogens is 584 g/mol. The van der Waals surface area contributed by atoms with E-state index in [1.165, 1.54) is 6.92 Å². The highest BCUT2D eigenvalue weighted by Crippen LogP contribution is 2.42. The summed E-state index contributed by atoms with van der Waals surface area (Å²) in [4.78, 5) is 27.0. The summed E-state index contributed by atoms with van der Waals surface area (Å²) in [6.07, 6.45) is -2.26. The number of aromatic hydroxyl groups is 1. The van der Waals surface area contributed by atoms with Crippen LogP contribution in [0.25, 0.3) is 0 Å². The van der Waals surface area contributed by atoms with Crippen LogP contribution in [0.5, 0.6) is 5.75 Å². The minimum Gasteiger partial charge on any atom is -0.508 e. The Hall–Kier alpha value is -4.38. The van der Waals surface area contributed by atoms with E-state index in [0.717, 1.165) is 11.1 Å². The summed E-state index contributed by atoms with van der Waals surface area (Å²) in [5.74, 6) is -0.413. The fourth-order valence-corrected chi connectivity index (χ4v) is 5.69. The Labute approximate surface area is 269 Å². The van der Waals surface area contributed by atoms with E-state index in [4.69, 9.17) is 9.47 Å². The van der Waals surface area contributed by atoms with Gasteiger partial charge in [0.1, 0.15) is 5.75 Å². The topological polar surface area (TPSA) is 129 Å². The number of benzene rings is 4. The lowest BCUT2D eigenvalue weighted by molar-refractivity contribution is -0.276. The molecule has 5 atom stereocenters. The fraction of sp³-hybridized carbons (Fsp3) is 0.297. The van der Waals surface area contributed by atoms with Gasteiger partial charge in [-0.05, 0) is 67.1 Å². The van der Waals surface area contributed by atoms with Gasteiger partial charge in [-0.3, -0.25) is 9.59 Å². The van der Waals surface area contributed by atoms with Crippen LogP contribution in [0, 0.1) is 5.92 Å². The lowest BCUT2D eigenvalue weighted by Crippen LogP contribution is -2.44. The Morgan fingerprint density at radius 1 is 0.891 bits per heavy atom. The third kappa shape index (κ3) is 8.06. The maximum Gasteiger partial charge on any atom is 0.255 e. The molecule has 1 aliphatic heterocycles. The Morgan fingerprint density at radius 3 is 2.33 bits per heavy atom. The van der Waals surface area contributed by atoms with E-state index in [2.05, 4.69) is 12.2 Å². The minimum absolute atomic E-state index is 0.0596. The number of phenols is 1. The lowest BCUT2D eigenvalue weighted by atomic mass is 9.90. The zero-order chi connectivity index (χ0) is 32.8. The number of likely N-dealkylation sites (N-methyl/N-ethyl adjacent to an activating group) is 1. The van der Waals surface area contributed by atoms with E-state index < -0.39 is 12.4 Å². The number of ether oxygens (including phenoxy) is 2. The number of hydrogen-bond acceptors (Lipinski definition) is 8. The summed E-state index contributed by atoms with van der Waals surface area (Å²) in [7, 11) is 1.91. The molecule has 0 aliphatic carbocycles. The van der Waals surface area contributed by atoms with Gasteiger partial charge >= 0.3 is 0 Å². The monoisotopic (exact) mass is 624 g/mol. The summed E-state index contributed by atoms with van der Waals surface area (Å²) in [6.45, 7) is 4.28. The van der Waals surface area contributed by atoms with Crippen molar-refractivity contribution >= 4 is 17.4 Å². The molecular formula is C37H40N2O7. The van der Waals surface area contributed by atoms with Gasteiger partial charge in [-0.2, -0.15) is 0 Å². The van der Waals surface area contributed by atoms with Crippen molar-refractivity contribution in [2.75, 3.05) is 25.5 Å². The summed E-state index contributed by atoms with van der Waals surface area (Å²) >= 11 is 0. The van der Waals surface area contributed by atoms with Crippen molar-refractivity contribution in [3.63, 3.8) is 0 Å². The van der Waals surface area contributed by atoms with Crippen LogP contribution in [0.2, 0.25) is 0 Å². The number of anilines is 1. The lowest BCUT2D eigenvalue weighted by Gasteiger charge is -2.42. The van der Waals surface area contributed by atoms with Crippen molar-refractivity contribution in [1.82, 2.24) is 4.90 Å². The average Bonchev–Trinajstić information content (AvgIpc) is 3.06. The molecule has 5 rings (SSSR count). The van der Waals surface area contributed by atoms with Crippen LogP contribution >= 0.6 is 0 Å². The van der Waals surface area contributed by atoms with E-state index >= 15 is 0 Å². The Balaban J connectivity index is 1.37. The molecule has 0 spiro atoms. The molecule has 1 amide bonds. The number of aliphatic hydroxyl groups is 2. The van der Waals surface area contributed by atoms with Gasteiger partial charge < -0.3 is 35.0 Å². The molecule has 4 aromatic rings. The number of carbonyl (C=O) groups excluding carboxylic acids is 2. The number of phenolic OH excluding ortho intramolecular Hbond substituents is 1. The molecule has 9 heteroatoms. The van der Waals surface area contributed by atoms with Gasteiger partial charge in [-0.15, -0.1) is 0 Å². The number of nitrogens with one attached hydrogen (secondary N) is 1. The summed E-state index contributed by atoms with van der Waals surface area (Å²) in [6, 6.07) is 28.1. The predicted molar refractivity (Wildman–Crippen MR) is 174 cm³/mol. The number of aliphatic hydroxyl groups excluding tert-OH is 2. The zero-order valence-corrected chi connectivity index (χ0v) is 26.2. The number of carbonyl (C=O) groups is 2. The molecule has 1 unspecified atom stereocenters. The van der Waals surface area contributed by atoms with Crippen LogP contribution < -0.4 is 5.32 Å². The van der Waals surface area contributed by atoms with E-state index in [1.54, 1.807) is 66.7 Å². The van der Waals surface area contributed by atoms with Gasteiger partial charge in [0.05, 0.1) is 24.9 Å². The third-order valence-corrected chi connectivity index (χ3v) is 8.30. The van der Waals surface area contributed by atoms with Crippen LogP contribution in [0.3, 0.4) is 0 Å². The number of hydrogen-bond donors (Lipinski definition) is 4. The smallest absolute Gasteiger partial charge is 0.255 e. The van der Waals surface area contributed by atoms with Gasteiger partial charge in [0.2, 0.25) is 0 Å². The van der Waals surface area contributed by atoms with Gasteiger partial charge in [0.25, 0.3) is 5.91 Å². The Kier molecular flexibility index (Phi) is 10.6. The summed E-state index contributed by atoms with van der Waals surface area (Å²) < 4.78 is 13.1. The Bertz CT molecular complexity index is 1660. The highest BCUT2D eigenvalue weighted by Gasteiger charge is 2.39. The highest BCUT2D eigenvalue weighted by atomic mass is 16.7. The number of rotatable bonds is 11. The number of nitrogens with zero attached hydrogens (tertiary/aromatic N) is 1. The standard InChI is InChI=1S/C37H40N2O7/c1-23-34(21-39(3)20-33(43)28-8-6-12-32(42)19-28)45-37(46-35(23)26-15-13-25(22-40)14-16-26)30-10-4-9-29(17-30)36(44)38-31-11-5-7-27(18-31)24(2)41/h4-19,23,33-35,37,40,42-43H,20-22H2,1-3H3,(H,38,44)/t23-,33+,34+,35+,37?/m0/s1. The van der Waals surface area contributed by atoms with Crippen LogP contribution in [-0.4, -0.2) is 58.2 Å². The van der Waals surface area contributed by atoms with Crippen molar-refractivity contribution in [1.29, 1.82) is 0 Å². The van der Waals surface area contributed by atoms with Crippen LogP contribution in [-0.2, 0) is 16.1 Å². The van der Waals surface area contributed by atoms with Gasteiger partial charge in [0.15, 0.2) is 12.1 Å². The van der Waals surface area contributed by atoms with Crippen molar-refractivity contribution in [3.05, 3.63) is 130 Å². The third-order valence-electron chi connectivity index (χ3n) is 8.30. The van der Waals surface area contributed by atoms with Crippen molar-refractivity contribution < 1.29 is 34.4 Å². The predicted octanol–water partition coefficient (Wildman–Crippen LogP) is 5.80. The first-order chi connectivity index (χ1) is 22.1. The Morgan fingerprint density at radius 2 is 1.61 bits per heavy atom. The van der Waals surface area contributed by atoms with E-state index in [1.807, 2.05) is 42.3 Å². The van der Waals surface area contributed by atoms with Crippen molar-refractivity contribution in [2.45, 2.75) is 45.1 Å². The normalized spacial score (nSPS) is 20.3. The first kappa shape index (κ1) is 33.0. The molecule has 1 saturated heterocycles. The molecule has 46 heavy (non-hydrogen) atoms. The molecule has 0 radical (unpaired) electrons. The van der Waals surface area contributed by atoms with Crippen LogP contribution in [0.4, 0.5) is 5.69 Å². The first-order valence-corrected chi connectivity index (χ1v) is 15.3. The molecule has 4 N–H and O–H groups in total. The second-order valence-electron chi connectivity index (χ2n) is 11.9. The highest BCUT2D eigenvalue weighted by molar-refractivity contribution is 6.05. The van der Waals surface area contributed by atoms with E-state index in [0.29, 0.717) is 41.0 Å². The number of Topliss-reactive ketones (excluding diaryl/α,β-unsaturated/α-hetero) is 1. The van der Waals surface area contributed by atoms with E-state index in [-0.39, 0.29) is 42.2 Å². The number of ketones is 1. The van der Waals surface area contributed by atoms with Crippen molar-refractivity contribution in [3.8, 4) is 5.75 Å². The molecule has 9 nitrogen and oxygen atoms in total. The molecule has 0 saturated carbocycles. The van der Waals surface area contributed by atoms with Gasteiger partial charge in [0, 0.05) is 41.4 Å². The second-order valence-corrected chi connectivity index (χ2v) is 11.9. The van der Waals surface area contributed by atoms with Crippen LogP contribution in [0.15, 0.2) is 97.1 Å². The summed E-state index contributed by atoms with van der Waals surface area (Å²) in [5, 5.41) is 33.1. The zero-order valence-electron chi connectivity index (χ0n) is 26.2. The maximum absolute atomic E-state index is 13.2.